The van der Waals surface area contributed by atoms with E-state index in [1.165, 1.54) is 23.5 Å². The van der Waals surface area contributed by atoms with Gasteiger partial charge < -0.3 is 14.9 Å². The number of nitrogens with zero attached hydrogens (tertiary/aromatic N) is 5. The number of carbonyl (C=O) groups is 2. The van der Waals surface area contributed by atoms with Gasteiger partial charge in [0.25, 0.3) is 11.8 Å². The maximum Gasteiger partial charge on any atom is 0.283 e. The van der Waals surface area contributed by atoms with E-state index in [1.807, 2.05) is 41.5 Å². The fourth-order valence-corrected chi connectivity index (χ4v) is 5.44. The highest BCUT2D eigenvalue weighted by Crippen LogP contribution is 2.31. The number of amides is 2. The highest BCUT2D eigenvalue weighted by Gasteiger charge is 2.35. The molecule has 2 aromatic heterocycles. The summed E-state index contributed by atoms with van der Waals surface area (Å²) in [5.41, 5.74) is 1.85. The number of thiazole rings is 1. The molecule has 10 heteroatoms. The van der Waals surface area contributed by atoms with E-state index in [-0.39, 0.29) is 35.0 Å². The van der Waals surface area contributed by atoms with Gasteiger partial charge in [-0.05, 0) is 48.9 Å². The van der Waals surface area contributed by atoms with Crippen molar-refractivity contribution in [2.24, 2.45) is 5.41 Å². The largest absolute Gasteiger partial charge is 0.383 e. The summed E-state index contributed by atoms with van der Waals surface area (Å²) < 4.78 is 13.4. The fraction of sp³-hybridized carbons (Fsp3) is 0.519. The second-order valence-corrected chi connectivity index (χ2v) is 12.2. The average molecular weight is 528 g/mol. The lowest BCUT2D eigenvalue weighted by molar-refractivity contribution is -0.145. The van der Waals surface area contributed by atoms with Gasteiger partial charge in [-0.2, -0.15) is 0 Å². The summed E-state index contributed by atoms with van der Waals surface area (Å²) in [6.45, 7) is 12.9. The summed E-state index contributed by atoms with van der Waals surface area (Å²) in [6.07, 6.45) is -0.681. The maximum absolute atomic E-state index is 13.4. The normalized spacial score (nSPS) is 17.5. The molecule has 8 nitrogen and oxygen atoms in total. The highest BCUT2D eigenvalue weighted by atomic mass is 32.1. The molecule has 1 aliphatic heterocycles. The molecule has 0 radical (unpaired) electrons. The molecule has 0 spiro atoms. The lowest BCUT2D eigenvalue weighted by atomic mass is 9.88. The van der Waals surface area contributed by atoms with Crippen LogP contribution in [0, 0.1) is 11.2 Å². The van der Waals surface area contributed by atoms with Gasteiger partial charge in [0, 0.05) is 31.2 Å². The zero-order chi connectivity index (χ0) is 27.1. The van der Waals surface area contributed by atoms with E-state index in [9.17, 15) is 19.1 Å². The maximum atomic E-state index is 13.4. The number of aliphatic hydroxyl groups is 1. The molecule has 1 aliphatic rings. The molecule has 2 amide bonds. The second-order valence-electron chi connectivity index (χ2n) is 11.2. The number of aromatic nitrogens is 3. The smallest absolute Gasteiger partial charge is 0.283 e. The van der Waals surface area contributed by atoms with Gasteiger partial charge in [-0.15, -0.1) is 0 Å². The van der Waals surface area contributed by atoms with E-state index in [0.717, 1.165) is 5.69 Å². The van der Waals surface area contributed by atoms with Crippen molar-refractivity contribution in [3.63, 3.8) is 0 Å². The lowest BCUT2D eigenvalue weighted by Gasteiger charge is -2.40. The van der Waals surface area contributed by atoms with Crippen LogP contribution in [0.25, 0.3) is 21.7 Å². The Morgan fingerprint density at radius 2 is 1.81 bits per heavy atom. The van der Waals surface area contributed by atoms with E-state index < -0.39 is 6.10 Å². The first-order chi connectivity index (χ1) is 17.3. The minimum atomic E-state index is -1.06. The van der Waals surface area contributed by atoms with Crippen LogP contribution in [0.4, 0.5) is 4.39 Å². The van der Waals surface area contributed by atoms with Gasteiger partial charge in [0.15, 0.2) is 10.8 Å². The van der Waals surface area contributed by atoms with Crippen molar-refractivity contribution in [2.45, 2.75) is 66.0 Å². The molecular weight excluding hydrogens is 493 g/mol. The molecule has 0 saturated carbocycles. The van der Waals surface area contributed by atoms with Crippen molar-refractivity contribution in [3.05, 3.63) is 40.8 Å². The minimum absolute atomic E-state index is 0.0452. The molecule has 3 heterocycles. The Morgan fingerprint density at radius 1 is 1.14 bits per heavy atom. The SMILES string of the molecule is CC(C)c1nc(-c2ccc(F)cc2)nc2sc(C(=O)N3CCN(C(=O)[C@H](O)CC(C)(C)C)[C@@H](C)C3)nc12. The molecular formula is C27H34FN5O3S. The van der Waals surface area contributed by atoms with Gasteiger partial charge in [-0.25, -0.2) is 19.3 Å². The van der Waals surface area contributed by atoms with Gasteiger partial charge in [-0.1, -0.05) is 46.0 Å². The summed E-state index contributed by atoms with van der Waals surface area (Å²) in [5.74, 6) is -0.327. The monoisotopic (exact) mass is 527 g/mol. The van der Waals surface area contributed by atoms with Crippen molar-refractivity contribution in [3.8, 4) is 11.4 Å². The first-order valence-electron chi connectivity index (χ1n) is 12.6. The van der Waals surface area contributed by atoms with Crippen molar-refractivity contribution in [2.75, 3.05) is 19.6 Å². The summed E-state index contributed by atoms with van der Waals surface area (Å²) in [5, 5.41) is 10.8. The van der Waals surface area contributed by atoms with Crippen LogP contribution >= 0.6 is 11.3 Å². The highest BCUT2D eigenvalue weighted by molar-refractivity contribution is 7.19. The first kappa shape index (κ1) is 27.1. The van der Waals surface area contributed by atoms with Gasteiger partial charge >= 0.3 is 0 Å². The third-order valence-electron chi connectivity index (χ3n) is 6.41. The van der Waals surface area contributed by atoms with Crippen LogP contribution in [0.1, 0.15) is 69.4 Å². The number of piperazine rings is 1. The zero-order valence-corrected chi connectivity index (χ0v) is 23.0. The fourth-order valence-electron chi connectivity index (χ4n) is 4.53. The minimum Gasteiger partial charge on any atom is -0.383 e. The standard InChI is InChI=1S/C27H34FN5O3S/c1-15(2)20-21-23(31-22(29-20)17-7-9-18(28)10-8-17)37-24(30-21)26(36)32-11-12-33(16(3)14-32)25(35)19(34)13-27(4,5)6/h7-10,15-16,19,34H,11-14H2,1-6H3/t16-,19+/m0/s1. The van der Waals surface area contributed by atoms with Crippen molar-refractivity contribution in [1.82, 2.24) is 24.8 Å². The van der Waals surface area contributed by atoms with Crippen LogP contribution in [0.5, 0.6) is 0 Å². The number of hydrogen-bond acceptors (Lipinski definition) is 7. The topological polar surface area (TPSA) is 99.5 Å². The number of aliphatic hydroxyl groups excluding tert-OH is 1. The molecule has 198 valence electrons. The predicted octanol–water partition coefficient (Wildman–Crippen LogP) is 4.49. The second kappa shape index (κ2) is 10.4. The van der Waals surface area contributed by atoms with Crippen molar-refractivity contribution >= 4 is 33.5 Å². The van der Waals surface area contributed by atoms with Crippen LogP contribution in [-0.2, 0) is 4.79 Å². The molecule has 1 fully saturated rings. The number of benzene rings is 1. The quantitative estimate of drug-likeness (QED) is 0.525. The Morgan fingerprint density at radius 3 is 2.41 bits per heavy atom. The van der Waals surface area contributed by atoms with Gasteiger partial charge in [-0.3, -0.25) is 9.59 Å². The molecule has 3 aromatic rings. The van der Waals surface area contributed by atoms with E-state index in [0.29, 0.717) is 52.8 Å². The number of fused-ring (bicyclic) bond motifs is 1. The van der Waals surface area contributed by atoms with Gasteiger partial charge in [0.1, 0.15) is 22.3 Å². The molecule has 4 rings (SSSR count). The van der Waals surface area contributed by atoms with Crippen LogP contribution in [0.15, 0.2) is 24.3 Å². The Kier molecular flexibility index (Phi) is 7.62. The molecule has 37 heavy (non-hydrogen) atoms. The Hall–Kier alpha value is -2.98. The molecule has 2 atom stereocenters. The lowest BCUT2D eigenvalue weighted by Crippen LogP contribution is -2.57. The first-order valence-corrected chi connectivity index (χ1v) is 13.4. The molecule has 0 unspecified atom stereocenters. The van der Waals surface area contributed by atoms with E-state index in [4.69, 9.17) is 0 Å². The number of rotatable bonds is 5. The molecule has 1 aromatic carbocycles. The van der Waals surface area contributed by atoms with E-state index >= 15 is 0 Å². The van der Waals surface area contributed by atoms with Crippen LogP contribution in [0.2, 0.25) is 0 Å². The van der Waals surface area contributed by atoms with E-state index in [1.54, 1.807) is 21.9 Å². The van der Waals surface area contributed by atoms with Gasteiger partial charge in [0.05, 0.1) is 5.69 Å². The number of carbonyl (C=O) groups excluding carboxylic acids is 2. The van der Waals surface area contributed by atoms with Crippen molar-refractivity contribution < 1.29 is 19.1 Å². The predicted molar refractivity (Wildman–Crippen MR) is 142 cm³/mol. The summed E-state index contributed by atoms with van der Waals surface area (Å²) in [7, 11) is 0. The Bertz CT molecular complexity index is 1300. The Labute approximate surface area is 220 Å². The number of hydrogen-bond donors (Lipinski definition) is 1. The van der Waals surface area contributed by atoms with Gasteiger partial charge in [0.2, 0.25) is 0 Å². The molecule has 0 aliphatic carbocycles. The van der Waals surface area contributed by atoms with E-state index in [2.05, 4.69) is 15.0 Å². The molecule has 0 bridgehead atoms. The van der Waals surface area contributed by atoms with Crippen LogP contribution < -0.4 is 0 Å². The number of halogens is 1. The summed E-state index contributed by atoms with van der Waals surface area (Å²) in [6, 6.07) is 5.77. The Balaban J connectivity index is 1.55. The van der Waals surface area contributed by atoms with Crippen molar-refractivity contribution in [1.29, 1.82) is 0 Å². The molecule has 1 N–H and O–H groups in total. The summed E-state index contributed by atoms with van der Waals surface area (Å²) in [4.78, 5) is 44.2. The molecule has 1 saturated heterocycles. The van der Waals surface area contributed by atoms with Crippen LogP contribution in [0.3, 0.4) is 0 Å². The average Bonchev–Trinajstić information content (AvgIpc) is 3.26. The van der Waals surface area contributed by atoms with Crippen LogP contribution in [-0.4, -0.2) is 73.5 Å². The summed E-state index contributed by atoms with van der Waals surface area (Å²) >= 11 is 1.21. The third-order valence-corrected chi connectivity index (χ3v) is 7.34. The third kappa shape index (κ3) is 5.96. The zero-order valence-electron chi connectivity index (χ0n) is 22.2.